The zero-order valence-corrected chi connectivity index (χ0v) is 16.9. The minimum absolute atomic E-state index is 0.0573. The highest BCUT2D eigenvalue weighted by Crippen LogP contribution is 2.42. The summed E-state index contributed by atoms with van der Waals surface area (Å²) in [5.41, 5.74) is 1.37. The molecule has 5 rings (SSSR count). The molecule has 4 heterocycles. The molecule has 0 unspecified atom stereocenters. The minimum atomic E-state index is -0.320. The van der Waals surface area contributed by atoms with Gasteiger partial charge in [-0.1, -0.05) is 30.3 Å². The third kappa shape index (κ3) is 3.18. The lowest BCUT2D eigenvalue weighted by Crippen LogP contribution is -2.62. The number of pyridine rings is 1. The first-order valence-corrected chi connectivity index (χ1v) is 10.6. The van der Waals surface area contributed by atoms with Gasteiger partial charge in [-0.15, -0.1) is 0 Å². The Kier molecular flexibility index (Phi) is 5.00. The molecule has 0 saturated carbocycles. The number of rotatable bonds is 3. The van der Waals surface area contributed by atoms with Gasteiger partial charge in [-0.25, -0.2) is 0 Å². The van der Waals surface area contributed by atoms with Crippen molar-refractivity contribution < 1.29 is 14.3 Å². The number of carbonyl (C=O) groups is 2. The Labute approximate surface area is 176 Å². The molecule has 0 aliphatic carbocycles. The molecule has 0 radical (unpaired) electrons. The number of carbonyl (C=O) groups excluding carboxylic acids is 2. The highest BCUT2D eigenvalue weighted by molar-refractivity contribution is 5.95. The van der Waals surface area contributed by atoms with Crippen molar-refractivity contribution in [1.29, 1.82) is 0 Å². The largest absolute Gasteiger partial charge is 0.381 e. The van der Waals surface area contributed by atoms with Crippen LogP contribution in [-0.2, 0) is 16.1 Å². The molecule has 3 aliphatic heterocycles. The lowest BCUT2D eigenvalue weighted by atomic mass is 9.96. The van der Waals surface area contributed by atoms with Crippen LogP contribution >= 0.6 is 0 Å². The van der Waals surface area contributed by atoms with Crippen molar-refractivity contribution in [1.82, 2.24) is 19.7 Å². The van der Waals surface area contributed by atoms with Gasteiger partial charge in [-0.2, -0.15) is 0 Å². The predicted octanol–water partition coefficient (Wildman–Crippen LogP) is 1.76. The average molecular weight is 406 g/mol. The van der Waals surface area contributed by atoms with Crippen molar-refractivity contribution in [3.8, 4) is 0 Å². The van der Waals surface area contributed by atoms with E-state index in [0.29, 0.717) is 45.0 Å². The first kappa shape index (κ1) is 19.2. The number of aromatic nitrogens is 1. The first-order valence-electron chi connectivity index (χ1n) is 10.6. The number of benzene rings is 1. The van der Waals surface area contributed by atoms with Gasteiger partial charge in [-0.3, -0.25) is 19.5 Å². The Morgan fingerprint density at radius 2 is 1.90 bits per heavy atom. The molecule has 0 bridgehead atoms. The second-order valence-electron chi connectivity index (χ2n) is 8.21. The molecule has 30 heavy (non-hydrogen) atoms. The number of ether oxygens (including phenoxy) is 1. The van der Waals surface area contributed by atoms with Crippen LogP contribution in [-0.4, -0.2) is 76.1 Å². The summed E-state index contributed by atoms with van der Waals surface area (Å²) in [7, 11) is 0. The number of piperazine rings is 1. The van der Waals surface area contributed by atoms with Crippen LogP contribution in [0.3, 0.4) is 0 Å². The molecular weight excluding hydrogens is 380 g/mol. The molecule has 3 aliphatic rings. The van der Waals surface area contributed by atoms with Gasteiger partial charge in [0.15, 0.2) is 0 Å². The summed E-state index contributed by atoms with van der Waals surface area (Å²) in [5, 5.41) is 0. The highest BCUT2D eigenvalue weighted by atomic mass is 16.5. The minimum Gasteiger partial charge on any atom is -0.381 e. The third-order valence-corrected chi connectivity index (χ3v) is 6.64. The van der Waals surface area contributed by atoms with Gasteiger partial charge in [0, 0.05) is 51.4 Å². The molecular formula is C23H26N4O3. The summed E-state index contributed by atoms with van der Waals surface area (Å²) in [6, 6.07) is 13.4. The molecule has 156 valence electrons. The van der Waals surface area contributed by atoms with Crippen molar-refractivity contribution in [3.63, 3.8) is 0 Å². The van der Waals surface area contributed by atoms with Crippen LogP contribution in [0.4, 0.5) is 0 Å². The topological polar surface area (TPSA) is 66.0 Å². The molecule has 1 aromatic carbocycles. The van der Waals surface area contributed by atoms with E-state index in [-0.39, 0.29) is 23.5 Å². The average Bonchev–Trinajstić information content (AvgIpc) is 3.02. The molecule has 2 aromatic rings. The first-order chi connectivity index (χ1) is 14.7. The van der Waals surface area contributed by atoms with E-state index < -0.39 is 0 Å². The van der Waals surface area contributed by atoms with E-state index in [0.717, 1.165) is 18.4 Å². The monoisotopic (exact) mass is 406 g/mol. The molecule has 7 heteroatoms. The predicted molar refractivity (Wildman–Crippen MR) is 110 cm³/mol. The van der Waals surface area contributed by atoms with Crippen LogP contribution < -0.4 is 0 Å². The van der Waals surface area contributed by atoms with Crippen molar-refractivity contribution >= 4 is 11.8 Å². The Morgan fingerprint density at radius 1 is 1.10 bits per heavy atom. The van der Waals surface area contributed by atoms with E-state index in [1.165, 1.54) is 0 Å². The molecule has 7 nitrogen and oxygen atoms in total. The zero-order valence-electron chi connectivity index (χ0n) is 16.9. The summed E-state index contributed by atoms with van der Waals surface area (Å²) in [5.74, 6) is 0.0579. The van der Waals surface area contributed by atoms with Gasteiger partial charge in [0.1, 0.15) is 11.7 Å². The normalized spacial score (nSPS) is 23.6. The molecule has 3 fully saturated rings. The van der Waals surface area contributed by atoms with E-state index in [4.69, 9.17) is 4.74 Å². The van der Waals surface area contributed by atoms with Crippen LogP contribution in [0, 0.1) is 0 Å². The summed E-state index contributed by atoms with van der Waals surface area (Å²) in [6.45, 7) is 3.61. The van der Waals surface area contributed by atoms with Crippen LogP contribution in [0.2, 0.25) is 0 Å². The van der Waals surface area contributed by atoms with Crippen LogP contribution in [0.15, 0.2) is 54.9 Å². The van der Waals surface area contributed by atoms with Crippen molar-refractivity contribution in [2.45, 2.75) is 31.1 Å². The highest BCUT2D eigenvalue weighted by Gasteiger charge is 2.58. The fourth-order valence-corrected chi connectivity index (χ4v) is 5.14. The summed E-state index contributed by atoms with van der Waals surface area (Å²) in [4.78, 5) is 36.8. The number of hydrogen-bond acceptors (Lipinski definition) is 5. The number of amides is 2. The lowest BCUT2D eigenvalue weighted by molar-refractivity contribution is -0.137. The maximum absolute atomic E-state index is 13.6. The SMILES string of the molecule is O=C(c1cccnc1)N1CCN2[C@H](C1)C(=O)N(Cc1ccccc1)C21CCOCC1. The maximum Gasteiger partial charge on any atom is 0.255 e. The van der Waals surface area contributed by atoms with Gasteiger partial charge in [0.2, 0.25) is 5.91 Å². The quantitative estimate of drug-likeness (QED) is 0.777. The fraction of sp³-hybridized carbons (Fsp3) is 0.435. The molecule has 1 spiro atoms. The fourth-order valence-electron chi connectivity index (χ4n) is 5.14. The lowest BCUT2D eigenvalue weighted by Gasteiger charge is -2.49. The van der Waals surface area contributed by atoms with Crippen LogP contribution in [0.1, 0.15) is 28.8 Å². The second kappa shape index (κ2) is 7.81. The molecule has 1 aromatic heterocycles. The number of hydrogen-bond donors (Lipinski definition) is 0. The Bertz CT molecular complexity index is 915. The van der Waals surface area contributed by atoms with Crippen molar-refractivity contribution in [2.24, 2.45) is 0 Å². The molecule has 3 saturated heterocycles. The van der Waals surface area contributed by atoms with Crippen LogP contribution in [0.5, 0.6) is 0 Å². The number of fused-ring (bicyclic) bond motifs is 2. The third-order valence-electron chi connectivity index (χ3n) is 6.64. The van der Waals surface area contributed by atoms with E-state index in [2.05, 4.69) is 22.0 Å². The standard InChI is InChI=1S/C23H26N4O3/c28-21(19-7-4-10-24-15-19)25-11-12-26-20(17-25)22(29)27(16-18-5-2-1-3-6-18)23(26)8-13-30-14-9-23/h1-7,10,15,20H,8-9,11-14,16-17H2/t20-/m1/s1. The zero-order chi connectivity index (χ0) is 20.6. The Hall–Kier alpha value is -2.77. The van der Waals surface area contributed by atoms with Crippen LogP contribution in [0.25, 0.3) is 0 Å². The van der Waals surface area contributed by atoms with Crippen molar-refractivity contribution in [2.75, 3.05) is 32.8 Å². The van der Waals surface area contributed by atoms with Crippen molar-refractivity contribution in [3.05, 3.63) is 66.0 Å². The number of nitrogens with zero attached hydrogens (tertiary/aromatic N) is 4. The van der Waals surface area contributed by atoms with Gasteiger partial charge < -0.3 is 14.5 Å². The van der Waals surface area contributed by atoms with Gasteiger partial charge in [0.25, 0.3) is 5.91 Å². The molecule has 2 amide bonds. The van der Waals surface area contributed by atoms with Gasteiger partial charge >= 0.3 is 0 Å². The van der Waals surface area contributed by atoms with Gasteiger partial charge in [0.05, 0.1) is 18.8 Å². The second-order valence-corrected chi connectivity index (χ2v) is 8.21. The maximum atomic E-state index is 13.6. The van der Waals surface area contributed by atoms with E-state index >= 15 is 0 Å². The smallest absolute Gasteiger partial charge is 0.255 e. The summed E-state index contributed by atoms with van der Waals surface area (Å²) in [6.07, 6.45) is 4.86. The molecule has 0 N–H and O–H groups in total. The van der Waals surface area contributed by atoms with E-state index in [1.54, 1.807) is 29.4 Å². The van der Waals surface area contributed by atoms with E-state index in [9.17, 15) is 9.59 Å². The van der Waals surface area contributed by atoms with Gasteiger partial charge in [-0.05, 0) is 17.7 Å². The van der Waals surface area contributed by atoms with E-state index in [1.807, 2.05) is 23.1 Å². The molecule has 1 atom stereocenters. The Balaban J connectivity index is 1.42. The Morgan fingerprint density at radius 3 is 2.63 bits per heavy atom. The summed E-state index contributed by atoms with van der Waals surface area (Å²) >= 11 is 0. The summed E-state index contributed by atoms with van der Waals surface area (Å²) < 4.78 is 5.65.